The van der Waals surface area contributed by atoms with Gasteiger partial charge < -0.3 is 9.30 Å². The van der Waals surface area contributed by atoms with Crippen LogP contribution < -0.4 is 0 Å². The van der Waals surface area contributed by atoms with Crippen molar-refractivity contribution in [2.24, 2.45) is 0 Å². The van der Waals surface area contributed by atoms with Crippen molar-refractivity contribution in [1.29, 1.82) is 0 Å². The highest BCUT2D eigenvalue weighted by atomic mass is 35.5. The average Bonchev–Trinajstić information content (AvgIpc) is 3.28. The number of imidazole rings is 1. The van der Waals surface area contributed by atoms with Crippen molar-refractivity contribution in [3.63, 3.8) is 0 Å². The molecule has 0 fully saturated rings. The van der Waals surface area contributed by atoms with Crippen molar-refractivity contribution in [1.82, 2.24) is 9.55 Å². The van der Waals surface area contributed by atoms with Crippen LogP contribution >= 0.6 is 34.8 Å². The van der Waals surface area contributed by atoms with Crippen LogP contribution in [-0.4, -0.2) is 9.55 Å². The molecule has 0 aliphatic rings. The highest BCUT2D eigenvalue weighted by molar-refractivity contribution is 6.42. The SMILES string of the molecule is Clc1ccc(C(Cn2ccnc2)OC(c2ccccc2)c2ccccc2Cl)cc1Cl. The van der Waals surface area contributed by atoms with Crippen LogP contribution in [0.15, 0.2) is 91.5 Å². The lowest BCUT2D eigenvalue weighted by atomic mass is 10.00. The molecule has 0 aliphatic carbocycles. The summed E-state index contributed by atoms with van der Waals surface area (Å²) in [6.07, 6.45) is 4.74. The average molecular weight is 458 g/mol. The number of nitrogens with zero attached hydrogens (tertiary/aromatic N) is 2. The number of aromatic nitrogens is 2. The molecule has 152 valence electrons. The van der Waals surface area contributed by atoms with E-state index in [0.717, 1.165) is 16.7 Å². The minimum Gasteiger partial charge on any atom is -0.359 e. The van der Waals surface area contributed by atoms with E-state index in [9.17, 15) is 0 Å². The molecule has 0 aliphatic heterocycles. The molecule has 0 saturated carbocycles. The van der Waals surface area contributed by atoms with Gasteiger partial charge in [-0.15, -0.1) is 0 Å². The molecule has 1 heterocycles. The topological polar surface area (TPSA) is 27.1 Å². The van der Waals surface area contributed by atoms with E-state index in [1.54, 1.807) is 18.6 Å². The lowest BCUT2D eigenvalue weighted by molar-refractivity contribution is -0.00319. The fourth-order valence-corrected chi connectivity index (χ4v) is 3.88. The summed E-state index contributed by atoms with van der Waals surface area (Å²) in [5.74, 6) is 0. The smallest absolute Gasteiger partial charge is 0.110 e. The van der Waals surface area contributed by atoms with Crippen molar-refractivity contribution in [3.05, 3.63) is 123 Å². The summed E-state index contributed by atoms with van der Waals surface area (Å²) >= 11 is 19.0. The summed E-state index contributed by atoms with van der Waals surface area (Å²) in [6, 6.07) is 23.4. The normalized spacial score (nSPS) is 13.2. The van der Waals surface area contributed by atoms with Gasteiger partial charge in [-0.05, 0) is 29.3 Å². The molecule has 0 bridgehead atoms. The van der Waals surface area contributed by atoms with E-state index in [1.165, 1.54) is 0 Å². The molecule has 2 unspecified atom stereocenters. The molecule has 0 N–H and O–H groups in total. The summed E-state index contributed by atoms with van der Waals surface area (Å²) in [6.45, 7) is 0.561. The van der Waals surface area contributed by atoms with Crippen LogP contribution in [0.2, 0.25) is 15.1 Å². The summed E-state index contributed by atoms with van der Waals surface area (Å²) in [4.78, 5) is 4.15. The molecule has 4 aromatic rings. The molecule has 0 amide bonds. The zero-order valence-corrected chi connectivity index (χ0v) is 18.2. The Morgan fingerprint density at radius 2 is 1.57 bits per heavy atom. The second kappa shape index (κ2) is 9.67. The number of halogens is 3. The molecular weight excluding hydrogens is 439 g/mol. The lowest BCUT2D eigenvalue weighted by Crippen LogP contribution is -2.17. The Hall–Kier alpha value is -2.30. The van der Waals surface area contributed by atoms with Gasteiger partial charge in [-0.25, -0.2) is 4.98 Å². The van der Waals surface area contributed by atoms with Crippen molar-refractivity contribution < 1.29 is 4.74 Å². The van der Waals surface area contributed by atoms with Crippen molar-refractivity contribution in [2.45, 2.75) is 18.8 Å². The maximum absolute atomic E-state index is 6.72. The number of rotatable bonds is 7. The summed E-state index contributed by atoms with van der Waals surface area (Å²) in [5.41, 5.74) is 2.84. The second-order valence-corrected chi connectivity index (χ2v) is 8.09. The van der Waals surface area contributed by atoms with E-state index in [4.69, 9.17) is 39.5 Å². The van der Waals surface area contributed by atoms with Crippen LogP contribution in [0.3, 0.4) is 0 Å². The molecule has 0 spiro atoms. The van der Waals surface area contributed by atoms with Gasteiger partial charge in [0.2, 0.25) is 0 Å². The molecule has 2 atom stereocenters. The Morgan fingerprint density at radius 3 is 2.27 bits per heavy atom. The van der Waals surface area contributed by atoms with Crippen LogP contribution in [0.1, 0.15) is 28.9 Å². The molecule has 6 heteroatoms. The van der Waals surface area contributed by atoms with Gasteiger partial charge in [-0.3, -0.25) is 0 Å². The van der Waals surface area contributed by atoms with Gasteiger partial charge in [0.15, 0.2) is 0 Å². The zero-order chi connectivity index (χ0) is 20.9. The van der Waals surface area contributed by atoms with Crippen LogP contribution in [0.4, 0.5) is 0 Å². The predicted molar refractivity (Wildman–Crippen MR) is 122 cm³/mol. The molecule has 0 radical (unpaired) electrons. The van der Waals surface area contributed by atoms with Crippen LogP contribution in [0.5, 0.6) is 0 Å². The minimum atomic E-state index is -0.358. The number of hydrogen-bond donors (Lipinski definition) is 0. The van der Waals surface area contributed by atoms with E-state index in [0.29, 0.717) is 21.6 Å². The first-order valence-electron chi connectivity index (χ1n) is 9.47. The molecule has 3 aromatic carbocycles. The summed E-state index contributed by atoms with van der Waals surface area (Å²) < 4.78 is 8.70. The van der Waals surface area contributed by atoms with E-state index in [1.807, 2.05) is 77.5 Å². The Kier molecular flexibility index (Phi) is 6.76. The monoisotopic (exact) mass is 456 g/mol. The molecule has 30 heavy (non-hydrogen) atoms. The Labute approximate surface area is 190 Å². The van der Waals surface area contributed by atoms with Gasteiger partial charge in [-0.1, -0.05) is 89.4 Å². The largest absolute Gasteiger partial charge is 0.359 e. The van der Waals surface area contributed by atoms with Crippen LogP contribution in [0.25, 0.3) is 0 Å². The number of ether oxygens (including phenoxy) is 1. The molecule has 0 saturated heterocycles. The first-order chi connectivity index (χ1) is 14.6. The van der Waals surface area contributed by atoms with Gasteiger partial charge in [0.05, 0.1) is 22.9 Å². The second-order valence-electron chi connectivity index (χ2n) is 6.87. The van der Waals surface area contributed by atoms with E-state index in [-0.39, 0.29) is 12.2 Å². The molecular formula is C24H19Cl3N2O. The predicted octanol–water partition coefficient (Wildman–Crippen LogP) is 7.39. The summed E-state index contributed by atoms with van der Waals surface area (Å²) in [5, 5.41) is 1.65. The third kappa shape index (κ3) is 4.88. The third-order valence-corrected chi connectivity index (χ3v) is 5.92. The first-order valence-corrected chi connectivity index (χ1v) is 10.6. The van der Waals surface area contributed by atoms with E-state index >= 15 is 0 Å². The van der Waals surface area contributed by atoms with Gasteiger partial charge in [0.25, 0.3) is 0 Å². The molecule has 1 aromatic heterocycles. The van der Waals surface area contributed by atoms with E-state index < -0.39 is 0 Å². The van der Waals surface area contributed by atoms with Crippen molar-refractivity contribution in [3.8, 4) is 0 Å². The Morgan fingerprint density at radius 1 is 0.800 bits per heavy atom. The van der Waals surface area contributed by atoms with Crippen molar-refractivity contribution >= 4 is 34.8 Å². The maximum atomic E-state index is 6.72. The van der Waals surface area contributed by atoms with Crippen molar-refractivity contribution in [2.75, 3.05) is 0 Å². The fraction of sp³-hybridized carbons (Fsp3) is 0.125. The zero-order valence-electron chi connectivity index (χ0n) is 16.0. The van der Waals surface area contributed by atoms with Gasteiger partial charge in [0, 0.05) is 23.0 Å². The van der Waals surface area contributed by atoms with Crippen LogP contribution in [0, 0.1) is 0 Å². The van der Waals surface area contributed by atoms with Crippen LogP contribution in [-0.2, 0) is 11.3 Å². The quantitative estimate of drug-likeness (QED) is 0.289. The highest BCUT2D eigenvalue weighted by Gasteiger charge is 2.24. The third-order valence-electron chi connectivity index (χ3n) is 4.84. The Balaban J connectivity index is 1.75. The summed E-state index contributed by atoms with van der Waals surface area (Å²) in [7, 11) is 0. The molecule has 3 nitrogen and oxygen atoms in total. The van der Waals surface area contributed by atoms with Gasteiger partial charge >= 0.3 is 0 Å². The first kappa shape index (κ1) is 21.0. The fourth-order valence-electron chi connectivity index (χ4n) is 3.34. The standard InChI is InChI=1S/C24H19Cl3N2O/c25-20-9-5-4-8-19(20)24(17-6-2-1-3-7-17)30-23(15-29-13-12-28-16-29)18-10-11-21(26)22(27)14-18/h1-14,16,23-24H,15H2. The van der Waals surface area contributed by atoms with Gasteiger partial charge in [0.1, 0.15) is 12.2 Å². The highest BCUT2D eigenvalue weighted by Crippen LogP contribution is 2.37. The van der Waals surface area contributed by atoms with E-state index in [2.05, 4.69) is 4.98 Å². The Bertz CT molecular complexity index is 1100. The molecule has 4 rings (SSSR count). The number of hydrogen-bond acceptors (Lipinski definition) is 2. The maximum Gasteiger partial charge on any atom is 0.110 e. The minimum absolute atomic E-state index is 0.310. The number of benzene rings is 3. The lowest BCUT2D eigenvalue weighted by Gasteiger charge is -2.27. The van der Waals surface area contributed by atoms with Gasteiger partial charge in [-0.2, -0.15) is 0 Å².